The Labute approximate surface area is 78.5 Å². The molecule has 0 aromatic heterocycles. The molecule has 1 aliphatic carbocycles. The largest absolute Gasteiger partial charge is 0.375 e. The van der Waals surface area contributed by atoms with Gasteiger partial charge in [0, 0.05) is 6.61 Å². The van der Waals surface area contributed by atoms with E-state index < -0.39 is 18.4 Å². The summed E-state index contributed by atoms with van der Waals surface area (Å²) in [4.78, 5) is 0. The van der Waals surface area contributed by atoms with Gasteiger partial charge in [-0.3, -0.25) is 0 Å². The molecule has 78 valence electrons. The second-order valence-electron chi connectivity index (χ2n) is 3.85. The summed E-state index contributed by atoms with van der Waals surface area (Å²) >= 11 is 0. The molecule has 0 aliphatic heterocycles. The highest BCUT2D eigenvalue weighted by Crippen LogP contribution is 2.31. The van der Waals surface area contributed by atoms with E-state index in [0.29, 0.717) is 13.0 Å². The van der Waals surface area contributed by atoms with E-state index >= 15 is 0 Å². The van der Waals surface area contributed by atoms with Gasteiger partial charge in [-0.1, -0.05) is 13.8 Å². The minimum Gasteiger partial charge on any atom is -0.375 e. The first kappa shape index (κ1) is 10.9. The molecule has 1 fully saturated rings. The molecule has 3 heteroatoms. The molecule has 0 aromatic rings. The minimum absolute atomic E-state index is 0.156. The van der Waals surface area contributed by atoms with Crippen molar-refractivity contribution >= 4 is 0 Å². The molecule has 0 saturated heterocycles. The first-order valence-electron chi connectivity index (χ1n) is 5.06. The second-order valence-corrected chi connectivity index (χ2v) is 3.85. The van der Waals surface area contributed by atoms with Gasteiger partial charge in [0.25, 0.3) is 0 Å². The maximum Gasteiger partial charge on any atom is 0.157 e. The Morgan fingerprint density at radius 3 is 2.54 bits per heavy atom. The lowest BCUT2D eigenvalue weighted by atomic mass is 9.85. The van der Waals surface area contributed by atoms with Gasteiger partial charge in [-0.15, -0.1) is 0 Å². The van der Waals surface area contributed by atoms with Crippen molar-refractivity contribution in [3.8, 4) is 0 Å². The molecule has 0 radical (unpaired) electrons. The summed E-state index contributed by atoms with van der Waals surface area (Å²) in [6.07, 6.45) is -1.02. The average molecular weight is 192 g/mol. The van der Waals surface area contributed by atoms with Gasteiger partial charge in [0.05, 0.1) is 6.10 Å². The Kier molecular flexibility index (Phi) is 4.10. The van der Waals surface area contributed by atoms with Crippen LogP contribution in [-0.2, 0) is 4.74 Å². The molecule has 4 unspecified atom stereocenters. The molecule has 0 N–H and O–H groups in total. The van der Waals surface area contributed by atoms with Crippen LogP contribution in [0.15, 0.2) is 0 Å². The lowest BCUT2D eigenvalue weighted by molar-refractivity contribution is -0.0710. The van der Waals surface area contributed by atoms with Crippen LogP contribution in [0.2, 0.25) is 0 Å². The topological polar surface area (TPSA) is 9.23 Å². The van der Waals surface area contributed by atoms with E-state index in [1.807, 2.05) is 6.92 Å². The van der Waals surface area contributed by atoms with E-state index in [0.717, 1.165) is 12.8 Å². The van der Waals surface area contributed by atoms with Gasteiger partial charge < -0.3 is 4.74 Å². The molecule has 1 nitrogen and oxygen atoms in total. The molecule has 0 amide bonds. The molecule has 1 rings (SSSR count). The number of rotatable bonds is 3. The second kappa shape index (κ2) is 4.89. The fourth-order valence-corrected chi connectivity index (χ4v) is 1.71. The Bertz CT molecular complexity index is 150. The minimum atomic E-state index is -1.42. The van der Waals surface area contributed by atoms with E-state index in [4.69, 9.17) is 4.74 Å². The van der Waals surface area contributed by atoms with E-state index in [1.165, 1.54) is 0 Å². The Balaban J connectivity index is 2.39. The maximum absolute atomic E-state index is 13.3. The maximum atomic E-state index is 13.3. The molecule has 13 heavy (non-hydrogen) atoms. The monoisotopic (exact) mass is 192 g/mol. The Hall–Kier alpha value is -0.180. The van der Waals surface area contributed by atoms with Crippen LogP contribution < -0.4 is 0 Å². The summed E-state index contributed by atoms with van der Waals surface area (Å²) in [5.41, 5.74) is 0. The standard InChI is InChI=1S/C10H18F2O/c1-3-6-13-8-5-4-7(2)9(11)10(8)12/h7-10H,3-6H2,1-2H3. The smallest absolute Gasteiger partial charge is 0.157 e. The van der Waals surface area contributed by atoms with Crippen molar-refractivity contribution in [1.82, 2.24) is 0 Å². The lowest BCUT2D eigenvalue weighted by Crippen LogP contribution is -2.41. The fourth-order valence-electron chi connectivity index (χ4n) is 1.71. The third-order valence-electron chi connectivity index (χ3n) is 2.65. The van der Waals surface area contributed by atoms with E-state index in [2.05, 4.69) is 0 Å². The number of alkyl halides is 2. The number of ether oxygens (including phenoxy) is 1. The van der Waals surface area contributed by atoms with Gasteiger partial charge in [-0.2, -0.15) is 0 Å². The fraction of sp³-hybridized carbons (Fsp3) is 1.00. The molecular weight excluding hydrogens is 174 g/mol. The molecular formula is C10H18F2O. The van der Waals surface area contributed by atoms with Crippen LogP contribution in [0, 0.1) is 5.92 Å². The number of hydrogen-bond acceptors (Lipinski definition) is 1. The predicted octanol–water partition coefficient (Wildman–Crippen LogP) is 2.89. The van der Waals surface area contributed by atoms with Gasteiger partial charge in [0.15, 0.2) is 6.17 Å². The highest BCUT2D eigenvalue weighted by Gasteiger charge is 2.38. The highest BCUT2D eigenvalue weighted by atomic mass is 19.2. The van der Waals surface area contributed by atoms with Gasteiger partial charge in [-0.25, -0.2) is 8.78 Å². The molecule has 0 bridgehead atoms. The first-order valence-corrected chi connectivity index (χ1v) is 5.06. The van der Waals surface area contributed by atoms with Crippen molar-refractivity contribution in [2.75, 3.05) is 6.61 Å². The molecule has 1 aliphatic rings. The van der Waals surface area contributed by atoms with Crippen molar-refractivity contribution < 1.29 is 13.5 Å². The van der Waals surface area contributed by atoms with E-state index in [-0.39, 0.29) is 5.92 Å². The lowest BCUT2D eigenvalue weighted by Gasteiger charge is -2.32. The van der Waals surface area contributed by atoms with Gasteiger partial charge in [0.1, 0.15) is 6.17 Å². The van der Waals surface area contributed by atoms with E-state index in [1.54, 1.807) is 6.92 Å². The zero-order valence-corrected chi connectivity index (χ0v) is 8.30. The summed E-state index contributed by atoms with van der Waals surface area (Å²) in [5.74, 6) is -0.156. The Morgan fingerprint density at radius 2 is 1.92 bits per heavy atom. The molecule has 0 heterocycles. The van der Waals surface area contributed by atoms with Crippen molar-refractivity contribution in [1.29, 1.82) is 0 Å². The zero-order valence-electron chi connectivity index (χ0n) is 8.30. The van der Waals surface area contributed by atoms with Gasteiger partial charge in [0.2, 0.25) is 0 Å². The predicted molar refractivity (Wildman–Crippen MR) is 48.2 cm³/mol. The first-order chi connectivity index (χ1) is 6.16. The quantitative estimate of drug-likeness (QED) is 0.668. The summed E-state index contributed by atoms with van der Waals surface area (Å²) in [6.45, 7) is 4.26. The van der Waals surface area contributed by atoms with Gasteiger partial charge >= 0.3 is 0 Å². The summed E-state index contributed by atoms with van der Waals surface area (Å²) in [7, 11) is 0. The van der Waals surface area contributed by atoms with Crippen molar-refractivity contribution in [3.05, 3.63) is 0 Å². The molecule has 0 aromatic carbocycles. The summed E-state index contributed by atoms with van der Waals surface area (Å²) in [6, 6.07) is 0. The van der Waals surface area contributed by atoms with Crippen molar-refractivity contribution in [2.45, 2.75) is 51.6 Å². The molecule has 0 spiro atoms. The van der Waals surface area contributed by atoms with Crippen LogP contribution in [0.4, 0.5) is 8.78 Å². The normalized spacial score (nSPS) is 40.6. The number of halogens is 2. The van der Waals surface area contributed by atoms with Crippen molar-refractivity contribution in [2.24, 2.45) is 5.92 Å². The van der Waals surface area contributed by atoms with Crippen LogP contribution in [0.1, 0.15) is 33.1 Å². The van der Waals surface area contributed by atoms with Gasteiger partial charge in [-0.05, 0) is 25.2 Å². The van der Waals surface area contributed by atoms with Crippen LogP contribution in [0.5, 0.6) is 0 Å². The zero-order chi connectivity index (χ0) is 9.84. The van der Waals surface area contributed by atoms with E-state index in [9.17, 15) is 8.78 Å². The SMILES string of the molecule is CCCOC1CCC(C)C(F)C1F. The third-order valence-corrected chi connectivity index (χ3v) is 2.65. The molecule has 1 saturated carbocycles. The van der Waals surface area contributed by atoms with Crippen LogP contribution >= 0.6 is 0 Å². The molecule has 4 atom stereocenters. The number of hydrogen-bond donors (Lipinski definition) is 0. The van der Waals surface area contributed by atoms with Crippen LogP contribution in [0.25, 0.3) is 0 Å². The summed E-state index contributed by atoms with van der Waals surface area (Å²) in [5, 5.41) is 0. The van der Waals surface area contributed by atoms with Crippen LogP contribution in [-0.4, -0.2) is 25.1 Å². The highest BCUT2D eigenvalue weighted by molar-refractivity contribution is 4.86. The third kappa shape index (κ3) is 2.63. The average Bonchev–Trinajstić information content (AvgIpc) is 2.13. The Morgan fingerprint density at radius 1 is 1.23 bits per heavy atom. The van der Waals surface area contributed by atoms with Crippen molar-refractivity contribution in [3.63, 3.8) is 0 Å². The van der Waals surface area contributed by atoms with Crippen LogP contribution in [0.3, 0.4) is 0 Å². The summed E-state index contributed by atoms with van der Waals surface area (Å²) < 4.78 is 31.8.